The molecule has 0 fully saturated rings. The molecule has 1 N–H and O–H groups in total. The first-order valence-corrected chi connectivity index (χ1v) is 6.90. The first-order chi connectivity index (χ1) is 9.30. The van der Waals surface area contributed by atoms with Crippen molar-refractivity contribution in [2.24, 2.45) is 0 Å². The van der Waals surface area contributed by atoms with Gasteiger partial charge in [0.25, 0.3) is 0 Å². The topological polar surface area (TPSA) is 58.6 Å². The SMILES string of the molecule is CC(C)(C)OC(=O)N1CC(=C=O)Nc2cc(Br)ccc21. The summed E-state index contributed by atoms with van der Waals surface area (Å²) < 4.78 is 6.21. The van der Waals surface area contributed by atoms with Crippen molar-refractivity contribution in [1.29, 1.82) is 0 Å². The molecule has 0 radical (unpaired) electrons. The predicted octanol–water partition coefficient (Wildman–Crippen LogP) is 3.33. The Morgan fingerprint density at radius 1 is 1.45 bits per heavy atom. The second kappa shape index (κ2) is 5.31. The van der Waals surface area contributed by atoms with E-state index in [9.17, 15) is 9.59 Å². The van der Waals surface area contributed by atoms with Gasteiger partial charge in [-0.1, -0.05) is 15.9 Å². The Labute approximate surface area is 125 Å². The van der Waals surface area contributed by atoms with Crippen molar-refractivity contribution in [3.05, 3.63) is 28.4 Å². The fourth-order valence-electron chi connectivity index (χ4n) is 1.83. The number of halogens is 1. The molecule has 1 aromatic rings. The Kier molecular flexibility index (Phi) is 3.88. The molecule has 106 valence electrons. The van der Waals surface area contributed by atoms with E-state index in [0.717, 1.165) is 4.47 Å². The van der Waals surface area contributed by atoms with Crippen LogP contribution in [0.15, 0.2) is 28.4 Å². The zero-order valence-electron chi connectivity index (χ0n) is 11.5. The van der Waals surface area contributed by atoms with Gasteiger partial charge in [0.15, 0.2) is 0 Å². The lowest BCUT2D eigenvalue weighted by atomic mass is 10.2. The number of amides is 1. The lowest BCUT2D eigenvalue weighted by Crippen LogP contribution is -2.41. The molecule has 1 aromatic carbocycles. The normalized spacial score (nSPS) is 14.2. The molecule has 0 saturated carbocycles. The Bertz CT molecular complexity index is 601. The molecule has 0 saturated heterocycles. The third-order valence-electron chi connectivity index (χ3n) is 2.59. The van der Waals surface area contributed by atoms with Crippen LogP contribution in [0.25, 0.3) is 0 Å². The maximum Gasteiger partial charge on any atom is 0.415 e. The van der Waals surface area contributed by atoms with Gasteiger partial charge in [0.05, 0.1) is 17.9 Å². The highest BCUT2D eigenvalue weighted by atomic mass is 79.9. The van der Waals surface area contributed by atoms with Crippen molar-refractivity contribution < 1.29 is 14.3 Å². The minimum absolute atomic E-state index is 0.118. The number of ether oxygens (including phenoxy) is 1. The number of hydrogen-bond donors (Lipinski definition) is 1. The first-order valence-electron chi connectivity index (χ1n) is 6.11. The van der Waals surface area contributed by atoms with Crippen LogP contribution in [0.5, 0.6) is 0 Å². The summed E-state index contributed by atoms with van der Waals surface area (Å²) in [6, 6.07) is 5.41. The van der Waals surface area contributed by atoms with Crippen molar-refractivity contribution in [2.45, 2.75) is 26.4 Å². The minimum Gasteiger partial charge on any atom is -0.443 e. The van der Waals surface area contributed by atoms with Crippen LogP contribution in [0.4, 0.5) is 16.2 Å². The second-order valence-electron chi connectivity index (χ2n) is 5.43. The molecule has 0 unspecified atom stereocenters. The van der Waals surface area contributed by atoms with Gasteiger partial charge < -0.3 is 10.1 Å². The van der Waals surface area contributed by atoms with Crippen molar-refractivity contribution in [3.8, 4) is 0 Å². The van der Waals surface area contributed by atoms with Gasteiger partial charge in [-0.3, -0.25) is 4.90 Å². The molecule has 0 atom stereocenters. The van der Waals surface area contributed by atoms with E-state index in [1.807, 2.05) is 6.07 Å². The molecule has 1 aliphatic heterocycles. The summed E-state index contributed by atoms with van der Waals surface area (Å²) in [7, 11) is 0. The third kappa shape index (κ3) is 3.21. The number of carbonyl (C=O) groups excluding carboxylic acids is 2. The maximum absolute atomic E-state index is 12.2. The van der Waals surface area contributed by atoms with E-state index in [-0.39, 0.29) is 6.54 Å². The standard InChI is InChI=1S/C14H15BrN2O3/c1-14(2,3)20-13(19)17-7-10(8-18)16-11-6-9(15)4-5-12(11)17/h4-6,16H,7H2,1-3H3. The van der Waals surface area contributed by atoms with Crippen molar-refractivity contribution >= 4 is 39.3 Å². The number of nitrogens with zero attached hydrogens (tertiary/aromatic N) is 1. The molecule has 0 aromatic heterocycles. The lowest BCUT2D eigenvalue weighted by molar-refractivity contribution is 0.0583. The minimum atomic E-state index is -0.595. The van der Waals surface area contributed by atoms with Gasteiger partial charge in [-0.15, -0.1) is 0 Å². The molecule has 0 bridgehead atoms. The number of hydrogen-bond acceptors (Lipinski definition) is 4. The van der Waals surface area contributed by atoms with Crippen LogP contribution in [-0.4, -0.2) is 24.2 Å². The van der Waals surface area contributed by atoms with Crippen LogP contribution in [0, 0.1) is 0 Å². The third-order valence-corrected chi connectivity index (χ3v) is 3.08. The van der Waals surface area contributed by atoms with Gasteiger partial charge in [0, 0.05) is 4.47 Å². The lowest BCUT2D eigenvalue weighted by Gasteiger charge is -2.32. The quantitative estimate of drug-likeness (QED) is 0.737. The fourth-order valence-corrected chi connectivity index (χ4v) is 2.19. The molecule has 20 heavy (non-hydrogen) atoms. The Balaban J connectivity index is 2.39. The molecule has 0 aliphatic carbocycles. The van der Waals surface area contributed by atoms with E-state index >= 15 is 0 Å². The van der Waals surface area contributed by atoms with E-state index in [0.29, 0.717) is 17.1 Å². The zero-order chi connectivity index (χ0) is 14.9. The number of fused-ring (bicyclic) bond motifs is 1. The fraction of sp³-hybridized carbons (Fsp3) is 0.357. The van der Waals surface area contributed by atoms with Crippen LogP contribution >= 0.6 is 15.9 Å². The van der Waals surface area contributed by atoms with Crippen LogP contribution in [0.1, 0.15) is 20.8 Å². The van der Waals surface area contributed by atoms with Gasteiger partial charge in [0.1, 0.15) is 17.2 Å². The van der Waals surface area contributed by atoms with Gasteiger partial charge in [0.2, 0.25) is 0 Å². The predicted molar refractivity (Wildman–Crippen MR) is 80.6 cm³/mol. The van der Waals surface area contributed by atoms with Crippen molar-refractivity contribution in [1.82, 2.24) is 0 Å². The average molecular weight is 339 g/mol. The largest absolute Gasteiger partial charge is 0.443 e. The van der Waals surface area contributed by atoms with Crippen LogP contribution < -0.4 is 10.2 Å². The Hall–Kier alpha value is -1.78. The van der Waals surface area contributed by atoms with E-state index in [1.165, 1.54) is 4.90 Å². The summed E-state index contributed by atoms with van der Waals surface area (Å²) in [5, 5.41) is 2.95. The number of anilines is 2. The molecule has 1 aliphatic rings. The molecular weight excluding hydrogens is 324 g/mol. The van der Waals surface area contributed by atoms with Gasteiger partial charge in [-0.05, 0) is 39.0 Å². The summed E-state index contributed by atoms with van der Waals surface area (Å²) in [6.07, 6.45) is -0.490. The molecule has 5 nitrogen and oxygen atoms in total. The van der Waals surface area contributed by atoms with Crippen LogP contribution in [-0.2, 0) is 9.53 Å². The average Bonchev–Trinajstić information content (AvgIpc) is 2.34. The highest BCUT2D eigenvalue weighted by Crippen LogP contribution is 2.34. The molecule has 1 heterocycles. The molecule has 1 amide bonds. The van der Waals surface area contributed by atoms with E-state index in [1.54, 1.807) is 38.8 Å². The Morgan fingerprint density at radius 2 is 2.15 bits per heavy atom. The molecule has 0 spiro atoms. The summed E-state index contributed by atoms with van der Waals surface area (Å²) in [5.41, 5.74) is 1.03. The number of rotatable bonds is 0. The first kappa shape index (κ1) is 14.6. The molecule has 2 rings (SSSR count). The van der Waals surface area contributed by atoms with Crippen LogP contribution in [0.2, 0.25) is 0 Å². The summed E-state index contributed by atoms with van der Waals surface area (Å²) >= 11 is 3.36. The van der Waals surface area contributed by atoms with Gasteiger partial charge in [-0.25, -0.2) is 9.59 Å². The Morgan fingerprint density at radius 3 is 2.75 bits per heavy atom. The second-order valence-corrected chi connectivity index (χ2v) is 6.35. The highest BCUT2D eigenvalue weighted by Gasteiger charge is 2.29. The smallest absolute Gasteiger partial charge is 0.415 e. The van der Waals surface area contributed by atoms with E-state index in [4.69, 9.17) is 4.74 Å². The molecule has 6 heteroatoms. The highest BCUT2D eigenvalue weighted by molar-refractivity contribution is 9.10. The van der Waals surface area contributed by atoms with Crippen molar-refractivity contribution in [3.63, 3.8) is 0 Å². The molecular formula is C14H15BrN2O3. The van der Waals surface area contributed by atoms with E-state index < -0.39 is 11.7 Å². The number of benzene rings is 1. The maximum atomic E-state index is 12.2. The van der Waals surface area contributed by atoms with Crippen LogP contribution in [0.3, 0.4) is 0 Å². The summed E-state index contributed by atoms with van der Waals surface area (Å²) in [5.74, 6) is 1.80. The summed E-state index contributed by atoms with van der Waals surface area (Å²) in [6.45, 7) is 5.51. The summed E-state index contributed by atoms with van der Waals surface area (Å²) in [4.78, 5) is 24.6. The van der Waals surface area contributed by atoms with Gasteiger partial charge >= 0.3 is 6.09 Å². The van der Waals surface area contributed by atoms with E-state index in [2.05, 4.69) is 21.2 Å². The monoisotopic (exact) mass is 338 g/mol. The van der Waals surface area contributed by atoms with Crippen molar-refractivity contribution in [2.75, 3.05) is 16.8 Å². The zero-order valence-corrected chi connectivity index (χ0v) is 13.1. The number of nitrogens with one attached hydrogen (secondary N) is 1. The van der Waals surface area contributed by atoms with Gasteiger partial charge in [-0.2, -0.15) is 0 Å². The number of carbonyl (C=O) groups is 1.